The lowest BCUT2D eigenvalue weighted by molar-refractivity contribution is -0.127. The summed E-state index contributed by atoms with van der Waals surface area (Å²) >= 11 is 0. The van der Waals surface area contributed by atoms with Crippen LogP contribution < -0.4 is 11.0 Å². The first-order valence-electron chi connectivity index (χ1n) is 8.36. The van der Waals surface area contributed by atoms with Crippen LogP contribution in [0.2, 0.25) is 0 Å². The molecular formula is C15H27Cl2N5O2. The van der Waals surface area contributed by atoms with Crippen molar-refractivity contribution in [2.75, 3.05) is 26.2 Å². The van der Waals surface area contributed by atoms with Gasteiger partial charge in [-0.05, 0) is 39.3 Å². The zero-order chi connectivity index (χ0) is 15.5. The molecule has 1 aromatic rings. The van der Waals surface area contributed by atoms with Crippen LogP contribution in [0.5, 0.6) is 0 Å². The molecule has 0 unspecified atom stereocenters. The standard InChI is InChI=1S/C15H25N5O2.2ClH/c1-2-19-14(12-5-7-16-8-6-12)17-20(15(19)22)11-10-18-9-3-4-13(18)21;;/h12,16H,2-11H2,1H3;2*1H. The molecule has 2 aliphatic heterocycles. The molecule has 1 amide bonds. The van der Waals surface area contributed by atoms with Gasteiger partial charge < -0.3 is 10.2 Å². The molecule has 0 bridgehead atoms. The Hall–Kier alpha value is -1.05. The van der Waals surface area contributed by atoms with Crippen LogP contribution in [0.4, 0.5) is 0 Å². The summed E-state index contributed by atoms with van der Waals surface area (Å²) in [6.07, 6.45) is 3.62. The second kappa shape index (κ2) is 9.44. The van der Waals surface area contributed by atoms with E-state index in [0.29, 0.717) is 32.0 Å². The van der Waals surface area contributed by atoms with E-state index in [9.17, 15) is 9.59 Å². The van der Waals surface area contributed by atoms with Crippen molar-refractivity contribution in [2.24, 2.45) is 0 Å². The third-order valence-electron chi connectivity index (χ3n) is 4.73. The van der Waals surface area contributed by atoms with Crippen LogP contribution in [0.1, 0.15) is 44.3 Å². The van der Waals surface area contributed by atoms with Crippen LogP contribution in [0.15, 0.2) is 4.79 Å². The molecule has 9 heteroatoms. The van der Waals surface area contributed by atoms with Gasteiger partial charge in [0.25, 0.3) is 0 Å². The van der Waals surface area contributed by atoms with E-state index in [1.54, 1.807) is 9.25 Å². The minimum atomic E-state index is -0.0392. The van der Waals surface area contributed by atoms with Gasteiger partial charge in [-0.15, -0.1) is 24.8 Å². The highest BCUT2D eigenvalue weighted by Crippen LogP contribution is 2.22. The number of nitrogens with one attached hydrogen (secondary N) is 1. The molecule has 7 nitrogen and oxygen atoms in total. The Bertz CT molecular complexity index is 595. The molecule has 138 valence electrons. The molecule has 0 radical (unpaired) electrons. The number of carbonyl (C=O) groups is 1. The molecule has 2 aliphatic rings. The van der Waals surface area contributed by atoms with Gasteiger partial charge in [0, 0.05) is 32.0 Å². The average molecular weight is 380 g/mol. The lowest BCUT2D eigenvalue weighted by atomic mass is 9.97. The number of aromatic nitrogens is 3. The highest BCUT2D eigenvalue weighted by molar-refractivity contribution is 5.85. The number of piperidine rings is 1. The summed E-state index contributed by atoms with van der Waals surface area (Å²) in [5.41, 5.74) is -0.0392. The number of halogens is 2. The predicted molar refractivity (Wildman–Crippen MR) is 97.3 cm³/mol. The molecular weight excluding hydrogens is 353 g/mol. The lowest BCUT2D eigenvalue weighted by Crippen LogP contribution is -2.33. The molecule has 1 N–H and O–H groups in total. The van der Waals surface area contributed by atoms with E-state index < -0.39 is 0 Å². The van der Waals surface area contributed by atoms with Crippen LogP contribution >= 0.6 is 24.8 Å². The molecule has 0 aliphatic carbocycles. The smallest absolute Gasteiger partial charge is 0.341 e. The van der Waals surface area contributed by atoms with Gasteiger partial charge in [0.1, 0.15) is 5.82 Å². The zero-order valence-electron chi connectivity index (χ0n) is 14.1. The summed E-state index contributed by atoms with van der Waals surface area (Å²) in [6.45, 7) is 6.50. The van der Waals surface area contributed by atoms with Crippen molar-refractivity contribution in [1.29, 1.82) is 0 Å². The Kier molecular flexibility index (Phi) is 8.26. The fourth-order valence-corrected chi connectivity index (χ4v) is 3.44. The van der Waals surface area contributed by atoms with E-state index in [2.05, 4.69) is 10.4 Å². The topological polar surface area (TPSA) is 72.2 Å². The fraction of sp³-hybridized carbons (Fsp3) is 0.800. The maximum absolute atomic E-state index is 12.5. The summed E-state index contributed by atoms with van der Waals surface area (Å²) in [5.74, 6) is 1.48. The summed E-state index contributed by atoms with van der Waals surface area (Å²) in [6, 6.07) is 0. The Morgan fingerprint density at radius 1 is 1.17 bits per heavy atom. The maximum atomic E-state index is 12.5. The molecule has 3 heterocycles. The third kappa shape index (κ3) is 4.32. The molecule has 3 rings (SSSR count). The minimum Gasteiger partial charge on any atom is -0.341 e. The zero-order valence-corrected chi connectivity index (χ0v) is 15.7. The van der Waals surface area contributed by atoms with Crippen LogP contribution in [0.25, 0.3) is 0 Å². The molecule has 2 saturated heterocycles. The van der Waals surface area contributed by atoms with Crippen LogP contribution in [-0.4, -0.2) is 51.3 Å². The molecule has 0 aromatic carbocycles. The molecule has 2 fully saturated rings. The van der Waals surface area contributed by atoms with Crippen LogP contribution in [-0.2, 0) is 17.9 Å². The van der Waals surface area contributed by atoms with Crippen molar-refractivity contribution in [1.82, 2.24) is 24.6 Å². The number of amides is 1. The Labute approximate surface area is 154 Å². The van der Waals surface area contributed by atoms with Gasteiger partial charge in [0.2, 0.25) is 5.91 Å². The van der Waals surface area contributed by atoms with Crippen molar-refractivity contribution in [2.45, 2.75) is 51.6 Å². The first kappa shape index (κ1) is 21.0. The normalized spacial score (nSPS) is 18.4. The van der Waals surface area contributed by atoms with Gasteiger partial charge in [-0.1, -0.05) is 0 Å². The predicted octanol–water partition coefficient (Wildman–Crippen LogP) is 0.998. The van der Waals surface area contributed by atoms with Crippen molar-refractivity contribution < 1.29 is 4.79 Å². The number of hydrogen-bond acceptors (Lipinski definition) is 4. The maximum Gasteiger partial charge on any atom is 0.345 e. The Morgan fingerprint density at radius 2 is 1.88 bits per heavy atom. The van der Waals surface area contributed by atoms with E-state index in [0.717, 1.165) is 44.7 Å². The fourth-order valence-electron chi connectivity index (χ4n) is 3.44. The first-order chi connectivity index (χ1) is 10.7. The molecule has 1 aromatic heterocycles. The summed E-state index contributed by atoms with van der Waals surface area (Å²) in [4.78, 5) is 26.0. The second-order valence-electron chi connectivity index (χ2n) is 6.12. The highest BCUT2D eigenvalue weighted by Gasteiger charge is 2.24. The number of rotatable bonds is 5. The minimum absolute atomic E-state index is 0. The van der Waals surface area contributed by atoms with Gasteiger partial charge in [-0.25, -0.2) is 9.48 Å². The monoisotopic (exact) mass is 379 g/mol. The number of carbonyl (C=O) groups excluding carboxylic acids is 1. The third-order valence-corrected chi connectivity index (χ3v) is 4.73. The number of nitrogens with zero attached hydrogens (tertiary/aromatic N) is 4. The van der Waals surface area contributed by atoms with E-state index in [1.807, 2.05) is 11.8 Å². The summed E-state index contributed by atoms with van der Waals surface area (Å²) in [5, 5.41) is 7.94. The van der Waals surface area contributed by atoms with Gasteiger partial charge in [-0.3, -0.25) is 9.36 Å². The first-order valence-corrected chi connectivity index (χ1v) is 8.36. The summed E-state index contributed by atoms with van der Waals surface area (Å²) in [7, 11) is 0. The van der Waals surface area contributed by atoms with Crippen molar-refractivity contribution in [3.05, 3.63) is 16.3 Å². The van der Waals surface area contributed by atoms with Gasteiger partial charge in [0.05, 0.1) is 6.54 Å². The number of likely N-dealkylation sites (tertiary alicyclic amines) is 1. The van der Waals surface area contributed by atoms with Gasteiger partial charge >= 0.3 is 5.69 Å². The molecule has 0 atom stereocenters. The van der Waals surface area contributed by atoms with Gasteiger partial charge in [-0.2, -0.15) is 5.10 Å². The number of hydrogen-bond donors (Lipinski definition) is 1. The second-order valence-corrected chi connectivity index (χ2v) is 6.12. The van der Waals surface area contributed by atoms with Crippen molar-refractivity contribution in [3.8, 4) is 0 Å². The van der Waals surface area contributed by atoms with Gasteiger partial charge in [0.15, 0.2) is 0 Å². The highest BCUT2D eigenvalue weighted by atomic mass is 35.5. The van der Waals surface area contributed by atoms with E-state index in [4.69, 9.17) is 0 Å². The van der Waals surface area contributed by atoms with Crippen molar-refractivity contribution in [3.63, 3.8) is 0 Å². The molecule has 0 saturated carbocycles. The van der Waals surface area contributed by atoms with E-state index >= 15 is 0 Å². The van der Waals surface area contributed by atoms with E-state index in [-0.39, 0.29) is 36.4 Å². The van der Waals surface area contributed by atoms with Crippen LogP contribution in [0, 0.1) is 0 Å². The average Bonchev–Trinajstić information content (AvgIpc) is 3.09. The largest absolute Gasteiger partial charge is 0.345 e. The quantitative estimate of drug-likeness (QED) is 0.827. The van der Waals surface area contributed by atoms with Crippen LogP contribution in [0.3, 0.4) is 0 Å². The molecule has 0 spiro atoms. The Balaban J connectivity index is 0.00000144. The molecule has 24 heavy (non-hydrogen) atoms. The van der Waals surface area contributed by atoms with Crippen molar-refractivity contribution >= 4 is 30.7 Å². The Morgan fingerprint density at radius 3 is 2.46 bits per heavy atom. The van der Waals surface area contributed by atoms with E-state index in [1.165, 1.54) is 0 Å². The SMILES string of the molecule is CCn1c(C2CCNCC2)nn(CCN2CCCC2=O)c1=O.Cl.Cl. The lowest BCUT2D eigenvalue weighted by Gasteiger charge is -2.21. The summed E-state index contributed by atoms with van der Waals surface area (Å²) < 4.78 is 3.34.